The Balaban J connectivity index is 2.94. The highest BCUT2D eigenvalue weighted by Gasteiger charge is 2.24. The van der Waals surface area contributed by atoms with Crippen molar-refractivity contribution in [1.29, 1.82) is 0 Å². The zero-order valence-electron chi connectivity index (χ0n) is 10.6. The van der Waals surface area contributed by atoms with Crippen LogP contribution in [0.15, 0.2) is 23.4 Å². The van der Waals surface area contributed by atoms with Crippen molar-refractivity contribution in [3.8, 4) is 0 Å². The van der Waals surface area contributed by atoms with E-state index in [1.54, 1.807) is 23.9 Å². The molecule has 0 aliphatic rings. The second-order valence-electron chi connectivity index (χ2n) is 4.29. The fraction of sp³-hybridized carbons (Fsp3) is 0.500. The van der Waals surface area contributed by atoms with E-state index in [-0.39, 0.29) is 15.5 Å². The van der Waals surface area contributed by atoms with Crippen molar-refractivity contribution in [3.63, 3.8) is 0 Å². The Kier molecular flexibility index (Phi) is 4.97. The molecule has 0 amide bonds. The second-order valence-corrected chi connectivity index (χ2v) is 7.48. The normalized spacial score (nSPS) is 12.4. The molecule has 0 fully saturated rings. The minimum absolute atomic E-state index is 0.0931. The molecule has 0 bridgehead atoms. The topological polar surface area (TPSA) is 97.1 Å². The van der Waals surface area contributed by atoms with Gasteiger partial charge in [0.05, 0.1) is 5.69 Å². The van der Waals surface area contributed by atoms with Crippen molar-refractivity contribution in [2.75, 3.05) is 18.2 Å². The fourth-order valence-electron chi connectivity index (χ4n) is 1.12. The molecule has 0 aromatic carbocycles. The summed E-state index contributed by atoms with van der Waals surface area (Å²) in [7, 11) is -3.66. The van der Waals surface area contributed by atoms with E-state index in [0.29, 0.717) is 6.54 Å². The number of hydrogen-bond donors (Lipinski definition) is 3. The van der Waals surface area contributed by atoms with Crippen LogP contribution in [0.4, 0.5) is 5.69 Å². The summed E-state index contributed by atoms with van der Waals surface area (Å²) in [4.78, 5) is 3.85. The third-order valence-electron chi connectivity index (χ3n) is 2.42. The lowest BCUT2D eigenvalue weighted by atomic mass is 10.2. The number of nitrogens with zero attached hydrogens (tertiary/aromatic N) is 1. The van der Waals surface area contributed by atoms with E-state index in [9.17, 15) is 8.42 Å². The van der Waals surface area contributed by atoms with Crippen LogP contribution in [0.1, 0.15) is 13.8 Å². The molecular weight excluding hydrogens is 272 g/mol. The molecule has 0 aliphatic heterocycles. The van der Waals surface area contributed by atoms with E-state index in [1.165, 1.54) is 6.20 Å². The van der Waals surface area contributed by atoms with Gasteiger partial charge in [0.15, 0.2) is 5.03 Å². The highest BCUT2D eigenvalue weighted by atomic mass is 32.2. The van der Waals surface area contributed by atoms with Gasteiger partial charge in [-0.2, -0.15) is 11.8 Å². The SMILES string of the molecule is CSC(C)(C)CNS(=O)(=O)c1ncccc1NN. The Morgan fingerprint density at radius 1 is 1.50 bits per heavy atom. The summed E-state index contributed by atoms with van der Waals surface area (Å²) >= 11 is 1.59. The number of hydrogen-bond acceptors (Lipinski definition) is 6. The summed E-state index contributed by atoms with van der Waals surface area (Å²) in [5.74, 6) is 5.27. The summed E-state index contributed by atoms with van der Waals surface area (Å²) in [5.41, 5.74) is 2.60. The molecule has 1 aromatic heterocycles. The van der Waals surface area contributed by atoms with Gasteiger partial charge in [0.1, 0.15) is 0 Å². The van der Waals surface area contributed by atoms with Crippen LogP contribution < -0.4 is 16.0 Å². The number of thioether (sulfide) groups is 1. The monoisotopic (exact) mass is 290 g/mol. The molecule has 0 spiro atoms. The van der Waals surface area contributed by atoms with Crippen molar-refractivity contribution >= 4 is 27.5 Å². The van der Waals surface area contributed by atoms with Crippen LogP contribution in [-0.4, -0.2) is 30.9 Å². The number of rotatable bonds is 6. The Labute approximate surface area is 112 Å². The maximum atomic E-state index is 12.1. The number of nitrogen functional groups attached to an aromatic ring is 1. The molecule has 0 atom stereocenters. The van der Waals surface area contributed by atoms with Crippen molar-refractivity contribution < 1.29 is 8.42 Å². The largest absolute Gasteiger partial charge is 0.321 e. The van der Waals surface area contributed by atoms with Gasteiger partial charge in [0, 0.05) is 17.5 Å². The number of hydrazine groups is 1. The predicted octanol–water partition coefficient (Wildman–Crippen LogP) is 0.787. The number of nitrogens with one attached hydrogen (secondary N) is 2. The highest BCUT2D eigenvalue weighted by Crippen LogP contribution is 2.22. The maximum Gasteiger partial charge on any atom is 0.260 e. The van der Waals surface area contributed by atoms with Crippen LogP contribution in [0.3, 0.4) is 0 Å². The lowest BCUT2D eigenvalue weighted by molar-refractivity contribution is 0.567. The zero-order valence-corrected chi connectivity index (χ0v) is 12.2. The van der Waals surface area contributed by atoms with Crippen LogP contribution in [-0.2, 0) is 10.0 Å². The first kappa shape index (κ1) is 15.2. The van der Waals surface area contributed by atoms with E-state index in [2.05, 4.69) is 15.1 Å². The average Bonchev–Trinajstić information content (AvgIpc) is 2.37. The Morgan fingerprint density at radius 3 is 2.72 bits per heavy atom. The molecule has 0 unspecified atom stereocenters. The zero-order chi connectivity index (χ0) is 13.8. The van der Waals surface area contributed by atoms with Gasteiger partial charge < -0.3 is 5.43 Å². The minimum atomic E-state index is -3.66. The number of nitrogens with two attached hydrogens (primary N) is 1. The number of anilines is 1. The number of pyridine rings is 1. The smallest absolute Gasteiger partial charge is 0.260 e. The first-order chi connectivity index (χ1) is 8.32. The lowest BCUT2D eigenvalue weighted by Crippen LogP contribution is -2.36. The first-order valence-corrected chi connectivity index (χ1v) is 7.99. The number of aromatic nitrogens is 1. The van der Waals surface area contributed by atoms with Gasteiger partial charge in [-0.25, -0.2) is 18.1 Å². The standard InChI is InChI=1S/C10H18N4O2S2/c1-10(2,17-3)7-13-18(15,16)9-8(14-11)5-4-6-12-9/h4-6,13-14H,7,11H2,1-3H3. The summed E-state index contributed by atoms with van der Waals surface area (Å²) in [6, 6.07) is 3.17. The van der Waals surface area contributed by atoms with E-state index in [4.69, 9.17) is 5.84 Å². The summed E-state index contributed by atoms with van der Waals surface area (Å²) in [6.45, 7) is 4.23. The molecular formula is C10H18N4O2S2. The van der Waals surface area contributed by atoms with Gasteiger partial charge >= 0.3 is 0 Å². The summed E-state index contributed by atoms with van der Waals surface area (Å²) in [5, 5.41) is -0.0931. The van der Waals surface area contributed by atoms with Crippen molar-refractivity contribution in [2.45, 2.75) is 23.6 Å². The van der Waals surface area contributed by atoms with Gasteiger partial charge in [-0.05, 0) is 32.2 Å². The van der Waals surface area contributed by atoms with Gasteiger partial charge in [0.2, 0.25) is 0 Å². The molecule has 6 nitrogen and oxygen atoms in total. The average molecular weight is 290 g/mol. The third-order valence-corrected chi connectivity index (χ3v) is 5.03. The van der Waals surface area contributed by atoms with E-state index >= 15 is 0 Å². The summed E-state index contributed by atoms with van der Waals surface area (Å²) in [6.07, 6.45) is 3.34. The Morgan fingerprint density at radius 2 is 2.17 bits per heavy atom. The molecule has 0 aliphatic carbocycles. The molecule has 18 heavy (non-hydrogen) atoms. The summed E-state index contributed by atoms with van der Waals surface area (Å²) < 4.78 is 26.5. The van der Waals surface area contributed by atoms with Gasteiger partial charge in [-0.15, -0.1) is 0 Å². The van der Waals surface area contributed by atoms with Crippen LogP contribution in [0.2, 0.25) is 0 Å². The Bertz CT molecular complexity index is 502. The molecule has 0 saturated heterocycles. The molecule has 0 saturated carbocycles. The first-order valence-electron chi connectivity index (χ1n) is 5.29. The predicted molar refractivity (Wildman–Crippen MR) is 74.8 cm³/mol. The maximum absolute atomic E-state index is 12.1. The van der Waals surface area contributed by atoms with E-state index in [1.807, 2.05) is 20.1 Å². The third kappa shape index (κ3) is 3.84. The number of sulfonamides is 1. The second kappa shape index (κ2) is 5.87. The molecule has 4 N–H and O–H groups in total. The van der Waals surface area contributed by atoms with Crippen LogP contribution in [0.5, 0.6) is 0 Å². The molecule has 1 rings (SSSR count). The van der Waals surface area contributed by atoms with E-state index in [0.717, 1.165) is 0 Å². The Hall–Kier alpha value is -0.830. The molecule has 102 valence electrons. The molecule has 8 heteroatoms. The lowest BCUT2D eigenvalue weighted by Gasteiger charge is -2.22. The highest BCUT2D eigenvalue weighted by molar-refractivity contribution is 8.00. The molecule has 0 radical (unpaired) electrons. The van der Waals surface area contributed by atoms with Crippen LogP contribution in [0.25, 0.3) is 0 Å². The van der Waals surface area contributed by atoms with Gasteiger partial charge in [-0.1, -0.05) is 0 Å². The minimum Gasteiger partial charge on any atom is -0.321 e. The van der Waals surface area contributed by atoms with Crippen molar-refractivity contribution in [2.24, 2.45) is 5.84 Å². The van der Waals surface area contributed by atoms with Crippen LogP contribution >= 0.6 is 11.8 Å². The van der Waals surface area contributed by atoms with Gasteiger partial charge in [-0.3, -0.25) is 5.84 Å². The quantitative estimate of drug-likeness (QED) is 0.529. The molecule has 1 aromatic rings. The van der Waals surface area contributed by atoms with Gasteiger partial charge in [0.25, 0.3) is 10.0 Å². The molecule has 1 heterocycles. The van der Waals surface area contributed by atoms with Crippen LogP contribution in [0, 0.1) is 0 Å². The fourth-order valence-corrected chi connectivity index (χ4v) is 2.74. The van der Waals surface area contributed by atoms with Crippen molar-refractivity contribution in [3.05, 3.63) is 18.3 Å². The van der Waals surface area contributed by atoms with E-state index < -0.39 is 10.0 Å². The van der Waals surface area contributed by atoms with Crippen molar-refractivity contribution in [1.82, 2.24) is 9.71 Å².